The summed E-state index contributed by atoms with van der Waals surface area (Å²) in [4.78, 5) is 0. The van der Waals surface area contributed by atoms with Crippen molar-refractivity contribution in [3.05, 3.63) is 9.16 Å². The van der Waals surface area contributed by atoms with E-state index in [0.717, 1.165) is 6.61 Å². The Morgan fingerprint density at radius 2 is 2.07 bits per heavy atom. The molecule has 0 bridgehead atoms. The first-order valence-electron chi connectivity index (χ1n) is 6.25. The molecule has 0 spiro atoms. The molecule has 0 aromatic rings. The summed E-state index contributed by atoms with van der Waals surface area (Å²) >= 11 is -1.27. The van der Waals surface area contributed by atoms with Gasteiger partial charge in [-0.25, -0.2) is 0 Å². The molecule has 1 aliphatic carbocycles. The Labute approximate surface area is 109 Å². The molecule has 1 nitrogen and oxygen atoms in total. The molecular formula is C12H21ClHgO. The van der Waals surface area contributed by atoms with Gasteiger partial charge in [0.1, 0.15) is 0 Å². The summed E-state index contributed by atoms with van der Waals surface area (Å²) in [5.41, 5.74) is 0. The van der Waals surface area contributed by atoms with Gasteiger partial charge in [-0.2, -0.15) is 0 Å². The number of ether oxygens (including phenoxy) is 1. The average Bonchev–Trinajstić information content (AvgIpc) is 2.27. The number of hydrogen-bond donors (Lipinski definition) is 0. The summed E-state index contributed by atoms with van der Waals surface area (Å²) in [5, 5.41) is 0. The van der Waals surface area contributed by atoms with E-state index in [1.807, 2.05) is 0 Å². The molecule has 1 aliphatic rings. The summed E-state index contributed by atoms with van der Waals surface area (Å²) in [6, 6.07) is 0. The van der Waals surface area contributed by atoms with E-state index in [4.69, 9.17) is 13.0 Å². The second kappa shape index (κ2) is 9.01. The van der Waals surface area contributed by atoms with Crippen molar-refractivity contribution in [2.24, 2.45) is 0 Å². The van der Waals surface area contributed by atoms with E-state index in [9.17, 15) is 0 Å². The molecule has 0 aliphatic heterocycles. The summed E-state index contributed by atoms with van der Waals surface area (Å²) in [7, 11) is 6.20. The van der Waals surface area contributed by atoms with Gasteiger partial charge in [0.2, 0.25) is 0 Å². The third-order valence-electron chi connectivity index (χ3n) is 3.01. The number of rotatable bonds is 3. The van der Waals surface area contributed by atoms with Gasteiger partial charge in [-0.05, 0) is 0 Å². The molecule has 1 unspecified atom stereocenters. The van der Waals surface area contributed by atoms with Gasteiger partial charge in [-0.3, -0.25) is 0 Å². The third kappa shape index (κ3) is 5.69. The van der Waals surface area contributed by atoms with Crippen LogP contribution in [-0.2, 0) is 28.1 Å². The molecule has 0 N–H and O–H groups in total. The Kier molecular flexibility index (Phi) is 8.40. The van der Waals surface area contributed by atoms with Gasteiger partial charge in [0.25, 0.3) is 0 Å². The van der Waals surface area contributed by atoms with Crippen LogP contribution in [0.15, 0.2) is 9.16 Å². The normalized spacial score (nSPS) is 27.6. The number of halogens is 1. The van der Waals surface area contributed by atoms with E-state index in [0.29, 0.717) is 6.10 Å². The molecule has 0 amide bonds. The number of allylic oxidation sites excluding steroid dienone is 1. The fourth-order valence-electron chi connectivity index (χ4n) is 2.14. The molecule has 0 saturated heterocycles. The van der Waals surface area contributed by atoms with Crippen LogP contribution in [0, 0.1) is 0 Å². The maximum atomic E-state index is 6.20. The molecule has 3 heteroatoms. The second-order valence-electron chi connectivity index (χ2n) is 4.20. The van der Waals surface area contributed by atoms with Crippen molar-refractivity contribution in [1.29, 1.82) is 0 Å². The van der Waals surface area contributed by atoms with Gasteiger partial charge in [0.15, 0.2) is 0 Å². The molecule has 0 radical (unpaired) electrons. The van der Waals surface area contributed by atoms with Crippen molar-refractivity contribution in [1.82, 2.24) is 0 Å². The zero-order chi connectivity index (χ0) is 10.9. The van der Waals surface area contributed by atoms with Crippen LogP contribution >= 0.6 is 8.25 Å². The topological polar surface area (TPSA) is 9.23 Å². The van der Waals surface area contributed by atoms with Crippen molar-refractivity contribution < 1.29 is 28.1 Å². The van der Waals surface area contributed by atoms with Crippen molar-refractivity contribution in [2.75, 3.05) is 6.61 Å². The minimum atomic E-state index is -1.27. The van der Waals surface area contributed by atoms with Gasteiger partial charge in [-0.1, -0.05) is 0 Å². The minimum absolute atomic E-state index is 0.382. The first-order valence-corrected chi connectivity index (χ1v) is 15.8. The van der Waals surface area contributed by atoms with E-state index < -0.39 is 23.3 Å². The monoisotopic (exact) mass is 418 g/mol. The molecule has 0 fully saturated rings. The SMILES string of the molecule is CCOC1CCCCCCC/C=[C]\1[Hg][Cl]. The third-order valence-corrected chi connectivity index (χ3v) is 9.81. The zero-order valence-corrected chi connectivity index (χ0v) is 16.1. The standard InChI is InChI=1S/C12H21O.ClH.Hg/c1-2-13-12-10-8-6-4-3-5-7-9-11-12;;/h8,12H,2-7,9,11H2,1H3;1H;/q;;+1/p-1. The van der Waals surface area contributed by atoms with Gasteiger partial charge >= 0.3 is 110 Å². The molecule has 0 aromatic carbocycles. The molecule has 1 atom stereocenters. The van der Waals surface area contributed by atoms with Crippen LogP contribution < -0.4 is 0 Å². The van der Waals surface area contributed by atoms with Crippen molar-refractivity contribution in [2.45, 2.75) is 58.0 Å². The van der Waals surface area contributed by atoms with Gasteiger partial charge in [0.05, 0.1) is 0 Å². The molecule has 0 aromatic heterocycles. The summed E-state index contributed by atoms with van der Waals surface area (Å²) in [6.07, 6.45) is 12.0. The van der Waals surface area contributed by atoms with E-state index in [1.165, 1.54) is 48.0 Å². The van der Waals surface area contributed by atoms with Crippen LogP contribution in [0.25, 0.3) is 0 Å². The molecule has 0 heterocycles. The Morgan fingerprint density at radius 3 is 2.80 bits per heavy atom. The van der Waals surface area contributed by atoms with Crippen LogP contribution in [0.4, 0.5) is 0 Å². The summed E-state index contributed by atoms with van der Waals surface area (Å²) in [5.74, 6) is 0. The second-order valence-corrected chi connectivity index (χ2v) is 10.8. The first-order chi connectivity index (χ1) is 7.38. The predicted molar refractivity (Wildman–Crippen MR) is 61.7 cm³/mol. The van der Waals surface area contributed by atoms with E-state index in [-0.39, 0.29) is 0 Å². The van der Waals surface area contributed by atoms with Crippen LogP contribution in [-0.4, -0.2) is 12.7 Å². The van der Waals surface area contributed by atoms with Crippen LogP contribution in [0.2, 0.25) is 0 Å². The fourth-order valence-corrected chi connectivity index (χ4v) is 7.75. The molecule has 1 rings (SSSR count). The Morgan fingerprint density at radius 1 is 1.33 bits per heavy atom. The van der Waals surface area contributed by atoms with Crippen molar-refractivity contribution in [3.8, 4) is 0 Å². The number of hydrogen-bond acceptors (Lipinski definition) is 1. The van der Waals surface area contributed by atoms with Gasteiger partial charge < -0.3 is 0 Å². The van der Waals surface area contributed by atoms with Crippen LogP contribution in [0.1, 0.15) is 51.9 Å². The summed E-state index contributed by atoms with van der Waals surface area (Å²) < 4.78 is 7.35. The summed E-state index contributed by atoms with van der Waals surface area (Å²) in [6.45, 7) is 2.91. The Balaban J connectivity index is 2.56. The maximum absolute atomic E-state index is 6.20. The van der Waals surface area contributed by atoms with Crippen molar-refractivity contribution in [3.63, 3.8) is 0 Å². The molecular weight excluding hydrogens is 396 g/mol. The van der Waals surface area contributed by atoms with E-state index in [1.54, 1.807) is 0 Å². The quantitative estimate of drug-likeness (QED) is 0.624. The average molecular weight is 417 g/mol. The van der Waals surface area contributed by atoms with Crippen molar-refractivity contribution >= 4 is 8.25 Å². The Bertz CT molecular complexity index is 194. The fraction of sp³-hybridized carbons (Fsp3) is 0.833. The predicted octanol–water partition coefficient (Wildman–Crippen LogP) is 4.26. The zero-order valence-electron chi connectivity index (χ0n) is 9.80. The van der Waals surface area contributed by atoms with Gasteiger partial charge in [0, 0.05) is 0 Å². The molecule has 84 valence electrons. The van der Waals surface area contributed by atoms with Gasteiger partial charge in [-0.15, -0.1) is 0 Å². The van der Waals surface area contributed by atoms with Crippen LogP contribution in [0.3, 0.4) is 0 Å². The first kappa shape index (κ1) is 14.0. The van der Waals surface area contributed by atoms with E-state index >= 15 is 0 Å². The Hall–Kier alpha value is 0.925. The molecule has 15 heavy (non-hydrogen) atoms. The molecule has 0 saturated carbocycles. The van der Waals surface area contributed by atoms with Crippen LogP contribution in [0.5, 0.6) is 0 Å². The van der Waals surface area contributed by atoms with E-state index in [2.05, 4.69) is 13.0 Å².